The normalized spacial score (nSPS) is 11.8. The predicted molar refractivity (Wildman–Crippen MR) is 100 cm³/mol. The average Bonchev–Trinajstić information content (AvgIpc) is 2.62. The highest BCUT2D eigenvalue weighted by Gasteiger charge is 2.17. The second-order valence-electron chi connectivity index (χ2n) is 5.93. The van der Waals surface area contributed by atoms with Crippen LogP contribution in [0.2, 0.25) is 0 Å². The zero-order chi connectivity index (χ0) is 17.8. The number of aryl methyl sites for hydroxylation is 1. The van der Waals surface area contributed by atoms with E-state index >= 15 is 0 Å². The Labute approximate surface area is 147 Å². The van der Waals surface area contributed by atoms with Crippen LogP contribution in [0.15, 0.2) is 60.7 Å². The fourth-order valence-corrected chi connectivity index (χ4v) is 2.70. The number of amides is 1. The van der Waals surface area contributed by atoms with Gasteiger partial charge in [0.2, 0.25) is 0 Å². The first-order valence-electron chi connectivity index (χ1n) is 8.18. The summed E-state index contributed by atoms with van der Waals surface area (Å²) in [5.74, 6) is 1.09. The van der Waals surface area contributed by atoms with E-state index < -0.39 is 6.10 Å². The lowest BCUT2D eigenvalue weighted by molar-refractivity contribution is -0.122. The van der Waals surface area contributed by atoms with Crippen molar-refractivity contribution in [2.75, 3.05) is 12.4 Å². The molecule has 0 bridgehead atoms. The van der Waals surface area contributed by atoms with Crippen LogP contribution in [0.25, 0.3) is 10.8 Å². The van der Waals surface area contributed by atoms with Crippen molar-refractivity contribution in [2.45, 2.75) is 20.0 Å². The first-order valence-corrected chi connectivity index (χ1v) is 8.18. The summed E-state index contributed by atoms with van der Waals surface area (Å²) >= 11 is 0. The van der Waals surface area contributed by atoms with Crippen molar-refractivity contribution in [3.63, 3.8) is 0 Å². The summed E-state index contributed by atoms with van der Waals surface area (Å²) in [5, 5.41) is 4.94. The molecule has 0 aliphatic rings. The van der Waals surface area contributed by atoms with Crippen LogP contribution in [-0.2, 0) is 4.79 Å². The molecule has 1 atom stereocenters. The number of rotatable bonds is 5. The molecule has 1 N–H and O–H groups in total. The Hall–Kier alpha value is -3.01. The fourth-order valence-electron chi connectivity index (χ4n) is 2.70. The van der Waals surface area contributed by atoms with Crippen LogP contribution in [0.4, 0.5) is 5.69 Å². The Kier molecular flexibility index (Phi) is 4.89. The molecule has 0 aliphatic carbocycles. The van der Waals surface area contributed by atoms with Gasteiger partial charge in [-0.2, -0.15) is 0 Å². The highest BCUT2D eigenvalue weighted by atomic mass is 16.5. The maximum atomic E-state index is 12.5. The molecule has 25 heavy (non-hydrogen) atoms. The van der Waals surface area contributed by atoms with Crippen LogP contribution in [0.5, 0.6) is 11.5 Å². The number of benzene rings is 3. The molecule has 0 radical (unpaired) electrons. The zero-order valence-corrected chi connectivity index (χ0v) is 14.6. The van der Waals surface area contributed by atoms with Gasteiger partial charge in [-0.05, 0) is 43.0 Å². The van der Waals surface area contributed by atoms with Gasteiger partial charge in [0.25, 0.3) is 5.91 Å². The van der Waals surface area contributed by atoms with E-state index in [1.807, 2.05) is 67.6 Å². The highest BCUT2D eigenvalue weighted by Crippen LogP contribution is 2.28. The molecule has 0 saturated carbocycles. The first kappa shape index (κ1) is 16.8. The quantitative estimate of drug-likeness (QED) is 0.743. The Morgan fingerprint density at radius 2 is 1.76 bits per heavy atom. The van der Waals surface area contributed by atoms with Gasteiger partial charge in [-0.3, -0.25) is 4.79 Å². The minimum atomic E-state index is -0.643. The molecule has 0 aliphatic heterocycles. The van der Waals surface area contributed by atoms with Gasteiger partial charge < -0.3 is 14.8 Å². The van der Waals surface area contributed by atoms with Gasteiger partial charge in [-0.15, -0.1) is 0 Å². The molecule has 128 valence electrons. The number of ether oxygens (including phenoxy) is 2. The van der Waals surface area contributed by atoms with E-state index in [2.05, 4.69) is 5.32 Å². The van der Waals surface area contributed by atoms with E-state index in [9.17, 15) is 4.79 Å². The lowest BCUT2D eigenvalue weighted by Gasteiger charge is -2.17. The number of carbonyl (C=O) groups excluding carboxylic acids is 1. The molecule has 0 spiro atoms. The number of fused-ring (bicyclic) bond motifs is 1. The first-order chi connectivity index (χ1) is 12.1. The Morgan fingerprint density at radius 1 is 1.00 bits per heavy atom. The van der Waals surface area contributed by atoms with Gasteiger partial charge in [0.15, 0.2) is 6.10 Å². The Bertz CT molecular complexity index is 899. The minimum Gasteiger partial charge on any atom is -0.495 e. The molecule has 3 rings (SSSR count). The lowest BCUT2D eigenvalue weighted by Crippen LogP contribution is -2.30. The summed E-state index contributed by atoms with van der Waals surface area (Å²) < 4.78 is 11.2. The molecule has 0 heterocycles. The highest BCUT2D eigenvalue weighted by molar-refractivity contribution is 5.96. The van der Waals surface area contributed by atoms with E-state index in [-0.39, 0.29) is 5.91 Å². The van der Waals surface area contributed by atoms with E-state index in [0.29, 0.717) is 17.2 Å². The predicted octanol–water partition coefficient (Wildman–Crippen LogP) is 4.56. The third-order valence-electron chi connectivity index (χ3n) is 4.04. The van der Waals surface area contributed by atoms with Gasteiger partial charge in [0.05, 0.1) is 12.8 Å². The molecular formula is C21H21NO3. The molecule has 0 unspecified atom stereocenters. The van der Waals surface area contributed by atoms with Crippen LogP contribution in [0, 0.1) is 6.92 Å². The van der Waals surface area contributed by atoms with E-state index in [1.165, 1.54) is 0 Å². The average molecular weight is 335 g/mol. The molecule has 0 aromatic heterocycles. The van der Waals surface area contributed by atoms with Crippen LogP contribution in [0.3, 0.4) is 0 Å². The third kappa shape index (κ3) is 3.74. The molecule has 3 aromatic rings. The summed E-state index contributed by atoms with van der Waals surface area (Å²) in [6.07, 6.45) is -0.643. The molecule has 4 heteroatoms. The zero-order valence-electron chi connectivity index (χ0n) is 14.6. The number of carbonyl (C=O) groups is 1. The van der Waals surface area contributed by atoms with Gasteiger partial charge in [-0.25, -0.2) is 0 Å². The van der Waals surface area contributed by atoms with Crippen molar-refractivity contribution in [2.24, 2.45) is 0 Å². The van der Waals surface area contributed by atoms with E-state index in [4.69, 9.17) is 9.47 Å². The van der Waals surface area contributed by atoms with Crippen molar-refractivity contribution in [3.8, 4) is 11.5 Å². The van der Waals surface area contributed by atoms with Gasteiger partial charge in [0, 0.05) is 5.39 Å². The molecule has 4 nitrogen and oxygen atoms in total. The summed E-state index contributed by atoms with van der Waals surface area (Å²) in [4.78, 5) is 12.5. The number of nitrogens with one attached hydrogen (secondary N) is 1. The Morgan fingerprint density at radius 3 is 2.56 bits per heavy atom. The number of hydrogen-bond acceptors (Lipinski definition) is 3. The number of hydrogen-bond donors (Lipinski definition) is 1. The second-order valence-corrected chi connectivity index (χ2v) is 5.93. The maximum absolute atomic E-state index is 12.5. The SMILES string of the molecule is COc1ccc(C)cc1NC(=O)[C@@H](C)Oc1cccc2ccccc12. The van der Waals surface area contributed by atoms with Crippen LogP contribution in [0.1, 0.15) is 12.5 Å². The molecule has 1 amide bonds. The fraction of sp³-hybridized carbons (Fsp3) is 0.190. The third-order valence-corrected chi connectivity index (χ3v) is 4.04. The van der Waals surface area contributed by atoms with Crippen molar-refractivity contribution in [3.05, 3.63) is 66.2 Å². The topological polar surface area (TPSA) is 47.6 Å². The largest absolute Gasteiger partial charge is 0.495 e. The molecular weight excluding hydrogens is 314 g/mol. The van der Waals surface area contributed by atoms with Crippen molar-refractivity contribution in [1.82, 2.24) is 0 Å². The van der Waals surface area contributed by atoms with Gasteiger partial charge in [-0.1, -0.05) is 42.5 Å². The second kappa shape index (κ2) is 7.26. The summed E-state index contributed by atoms with van der Waals surface area (Å²) in [5.41, 5.74) is 1.68. The standard InChI is InChI=1S/C21H21NO3/c1-14-11-12-20(24-3)18(13-14)22-21(23)15(2)25-19-10-6-8-16-7-4-5-9-17(16)19/h4-13,15H,1-3H3,(H,22,23)/t15-/m1/s1. The van der Waals surface area contributed by atoms with E-state index in [1.54, 1.807) is 14.0 Å². The summed E-state index contributed by atoms with van der Waals surface area (Å²) in [6.45, 7) is 3.70. The molecule has 0 fully saturated rings. The van der Waals surface area contributed by atoms with E-state index in [0.717, 1.165) is 16.3 Å². The minimum absolute atomic E-state index is 0.225. The number of anilines is 1. The molecule has 3 aromatic carbocycles. The van der Waals surface area contributed by atoms with Gasteiger partial charge in [0.1, 0.15) is 11.5 Å². The smallest absolute Gasteiger partial charge is 0.265 e. The van der Waals surface area contributed by atoms with Crippen LogP contribution in [-0.4, -0.2) is 19.1 Å². The number of methoxy groups -OCH3 is 1. The summed E-state index contributed by atoms with van der Waals surface area (Å²) in [6, 6.07) is 19.4. The van der Waals surface area contributed by atoms with Crippen molar-refractivity contribution < 1.29 is 14.3 Å². The van der Waals surface area contributed by atoms with Crippen molar-refractivity contribution in [1.29, 1.82) is 0 Å². The van der Waals surface area contributed by atoms with Crippen molar-refractivity contribution >= 4 is 22.4 Å². The lowest BCUT2D eigenvalue weighted by atomic mass is 10.1. The molecule has 0 saturated heterocycles. The van der Waals surface area contributed by atoms with Crippen LogP contribution < -0.4 is 14.8 Å². The van der Waals surface area contributed by atoms with Crippen LogP contribution >= 0.6 is 0 Å². The Balaban J connectivity index is 1.78. The summed E-state index contributed by atoms with van der Waals surface area (Å²) in [7, 11) is 1.58. The maximum Gasteiger partial charge on any atom is 0.265 e. The monoisotopic (exact) mass is 335 g/mol. The van der Waals surface area contributed by atoms with Gasteiger partial charge >= 0.3 is 0 Å².